The Hall–Kier alpha value is -3.13. The summed E-state index contributed by atoms with van der Waals surface area (Å²) in [5.41, 5.74) is 8.62. The highest BCUT2D eigenvalue weighted by molar-refractivity contribution is 6.13. The van der Waals surface area contributed by atoms with Crippen molar-refractivity contribution >= 4 is 27.3 Å². The first-order valence-corrected chi connectivity index (χ1v) is 9.95. The minimum absolute atomic E-state index is 0.439. The Bertz CT molecular complexity index is 1340. The summed E-state index contributed by atoms with van der Waals surface area (Å²) in [6.07, 6.45) is 2.05. The van der Waals surface area contributed by atoms with Gasteiger partial charge in [0.2, 0.25) is 0 Å². The minimum atomic E-state index is 0.439. The van der Waals surface area contributed by atoms with Crippen molar-refractivity contribution in [3.63, 3.8) is 0 Å². The molecule has 0 saturated heterocycles. The maximum absolute atomic E-state index is 4.96. The van der Waals surface area contributed by atoms with Gasteiger partial charge in [-0.3, -0.25) is 4.40 Å². The molecule has 0 radical (unpaired) electrons. The third-order valence-electron chi connectivity index (χ3n) is 5.88. The van der Waals surface area contributed by atoms with Crippen LogP contribution in [0.25, 0.3) is 38.6 Å². The molecule has 5 aromatic rings. The fraction of sp³-hybridized carbons (Fsp3) is 0.192. The minimum Gasteiger partial charge on any atom is -0.292 e. The second-order valence-corrected chi connectivity index (χ2v) is 8.01. The molecule has 2 heterocycles. The topological polar surface area (TPSA) is 17.3 Å². The molecule has 0 bridgehead atoms. The summed E-state index contributed by atoms with van der Waals surface area (Å²) < 4.78 is 2.36. The van der Waals surface area contributed by atoms with Gasteiger partial charge in [0.05, 0.1) is 17.4 Å². The summed E-state index contributed by atoms with van der Waals surface area (Å²) in [4.78, 5) is 4.96. The summed E-state index contributed by atoms with van der Waals surface area (Å²) in [6.45, 7) is 8.89. The Balaban J connectivity index is 2.06. The number of hydrogen-bond donors (Lipinski definition) is 0. The van der Waals surface area contributed by atoms with Crippen molar-refractivity contribution in [3.05, 3.63) is 83.6 Å². The van der Waals surface area contributed by atoms with Crippen LogP contribution in [0.2, 0.25) is 0 Å². The van der Waals surface area contributed by atoms with Crippen molar-refractivity contribution in [1.82, 2.24) is 9.38 Å². The van der Waals surface area contributed by atoms with E-state index in [1.54, 1.807) is 0 Å². The van der Waals surface area contributed by atoms with Gasteiger partial charge in [-0.05, 0) is 47.9 Å². The van der Waals surface area contributed by atoms with Gasteiger partial charge in [-0.2, -0.15) is 0 Å². The summed E-state index contributed by atoms with van der Waals surface area (Å²) >= 11 is 0. The van der Waals surface area contributed by atoms with Gasteiger partial charge in [0.25, 0.3) is 0 Å². The number of para-hydroxylation sites is 1. The maximum atomic E-state index is 4.96. The van der Waals surface area contributed by atoms with Crippen LogP contribution in [0, 0.1) is 13.8 Å². The molecule has 0 fully saturated rings. The van der Waals surface area contributed by atoms with E-state index in [9.17, 15) is 0 Å². The third-order valence-corrected chi connectivity index (χ3v) is 5.88. The molecule has 28 heavy (non-hydrogen) atoms. The number of aromatic nitrogens is 2. The van der Waals surface area contributed by atoms with Crippen LogP contribution in [0.15, 0.2) is 66.9 Å². The van der Waals surface area contributed by atoms with Crippen LogP contribution in [-0.2, 0) is 0 Å². The van der Waals surface area contributed by atoms with Gasteiger partial charge in [-0.15, -0.1) is 0 Å². The average Bonchev–Trinajstić information content (AvgIpc) is 3.12. The Morgan fingerprint density at radius 1 is 0.786 bits per heavy atom. The number of imidazole rings is 1. The number of benzene rings is 3. The van der Waals surface area contributed by atoms with E-state index in [1.807, 2.05) is 6.20 Å². The molecule has 3 aromatic carbocycles. The molecular weight excluding hydrogens is 340 g/mol. The molecule has 0 aliphatic carbocycles. The molecule has 0 atom stereocenters. The van der Waals surface area contributed by atoms with Crippen molar-refractivity contribution in [2.75, 3.05) is 0 Å². The number of rotatable bonds is 2. The first kappa shape index (κ1) is 17.0. The second-order valence-electron chi connectivity index (χ2n) is 8.01. The molecule has 2 heteroatoms. The van der Waals surface area contributed by atoms with Gasteiger partial charge in [0.1, 0.15) is 5.65 Å². The molecule has 2 aromatic heterocycles. The molecule has 0 aliphatic rings. The van der Waals surface area contributed by atoms with Crippen LogP contribution >= 0.6 is 0 Å². The number of hydrogen-bond acceptors (Lipinski definition) is 1. The van der Waals surface area contributed by atoms with Crippen LogP contribution in [0.3, 0.4) is 0 Å². The lowest BCUT2D eigenvalue weighted by Gasteiger charge is -2.16. The summed E-state index contributed by atoms with van der Waals surface area (Å²) in [5.74, 6) is 0.439. The summed E-state index contributed by atoms with van der Waals surface area (Å²) in [6, 6.07) is 21.8. The normalized spacial score (nSPS) is 11.9. The molecule has 2 nitrogen and oxygen atoms in total. The molecule has 0 saturated carbocycles. The van der Waals surface area contributed by atoms with E-state index < -0.39 is 0 Å². The van der Waals surface area contributed by atoms with Crippen molar-refractivity contribution < 1.29 is 0 Å². The second kappa shape index (κ2) is 6.20. The number of pyridine rings is 1. The van der Waals surface area contributed by atoms with Crippen LogP contribution in [0.4, 0.5) is 0 Å². The van der Waals surface area contributed by atoms with E-state index in [-0.39, 0.29) is 0 Å². The smallest absolute Gasteiger partial charge is 0.145 e. The highest BCUT2D eigenvalue weighted by Crippen LogP contribution is 2.37. The zero-order valence-electron chi connectivity index (χ0n) is 16.8. The Morgan fingerprint density at radius 3 is 2.21 bits per heavy atom. The lowest BCUT2D eigenvalue weighted by atomic mass is 9.94. The Labute approximate surface area is 165 Å². The Morgan fingerprint density at radius 2 is 1.46 bits per heavy atom. The highest BCUT2D eigenvalue weighted by atomic mass is 15.0. The number of fused-ring (bicyclic) bond motifs is 6. The third kappa shape index (κ3) is 2.31. The first-order valence-electron chi connectivity index (χ1n) is 9.95. The van der Waals surface area contributed by atoms with Gasteiger partial charge < -0.3 is 0 Å². The molecule has 0 aliphatic heterocycles. The predicted octanol–water partition coefficient (Wildman–Crippen LogP) is 7.05. The average molecular weight is 364 g/mol. The van der Waals surface area contributed by atoms with E-state index in [0.717, 1.165) is 5.65 Å². The zero-order chi connectivity index (χ0) is 19.4. The van der Waals surface area contributed by atoms with Crippen molar-refractivity contribution in [3.8, 4) is 11.3 Å². The molecule has 138 valence electrons. The SMILES string of the molecule is Cc1cccc(C)c1-c1cnc2c3c(C(C)C)cccc3c3ccccc3n12. The van der Waals surface area contributed by atoms with E-state index in [2.05, 4.69) is 92.8 Å². The van der Waals surface area contributed by atoms with Crippen molar-refractivity contribution in [2.45, 2.75) is 33.6 Å². The van der Waals surface area contributed by atoms with Crippen LogP contribution in [-0.4, -0.2) is 9.38 Å². The lowest BCUT2D eigenvalue weighted by Crippen LogP contribution is -1.98. The largest absolute Gasteiger partial charge is 0.292 e. The summed E-state index contributed by atoms with van der Waals surface area (Å²) in [7, 11) is 0. The molecular formula is C26H24N2. The molecule has 0 unspecified atom stereocenters. The van der Waals surface area contributed by atoms with Crippen molar-refractivity contribution in [1.29, 1.82) is 0 Å². The fourth-order valence-electron chi connectivity index (χ4n) is 4.59. The van der Waals surface area contributed by atoms with E-state index >= 15 is 0 Å². The van der Waals surface area contributed by atoms with Crippen LogP contribution in [0.5, 0.6) is 0 Å². The lowest BCUT2D eigenvalue weighted by molar-refractivity contribution is 0.876. The van der Waals surface area contributed by atoms with E-state index in [4.69, 9.17) is 4.98 Å². The predicted molar refractivity (Wildman–Crippen MR) is 119 cm³/mol. The Kier molecular flexibility index (Phi) is 3.77. The molecule has 0 amide bonds. The maximum Gasteiger partial charge on any atom is 0.145 e. The van der Waals surface area contributed by atoms with Gasteiger partial charge in [0, 0.05) is 16.3 Å². The molecule has 5 rings (SSSR count). The fourth-order valence-corrected chi connectivity index (χ4v) is 4.59. The quantitative estimate of drug-likeness (QED) is 0.307. The molecule has 0 N–H and O–H groups in total. The van der Waals surface area contributed by atoms with E-state index in [1.165, 1.54) is 49.6 Å². The monoisotopic (exact) mass is 364 g/mol. The van der Waals surface area contributed by atoms with Gasteiger partial charge >= 0.3 is 0 Å². The van der Waals surface area contributed by atoms with Gasteiger partial charge in [-0.25, -0.2) is 4.98 Å². The van der Waals surface area contributed by atoms with Gasteiger partial charge in [-0.1, -0.05) is 68.4 Å². The van der Waals surface area contributed by atoms with E-state index in [0.29, 0.717) is 5.92 Å². The number of aryl methyl sites for hydroxylation is 2. The van der Waals surface area contributed by atoms with Crippen LogP contribution < -0.4 is 0 Å². The van der Waals surface area contributed by atoms with Gasteiger partial charge in [0.15, 0.2) is 0 Å². The number of nitrogens with zero attached hydrogens (tertiary/aromatic N) is 2. The molecule has 0 spiro atoms. The van der Waals surface area contributed by atoms with Crippen molar-refractivity contribution in [2.24, 2.45) is 0 Å². The van der Waals surface area contributed by atoms with Crippen LogP contribution in [0.1, 0.15) is 36.5 Å². The zero-order valence-corrected chi connectivity index (χ0v) is 16.8. The standard InChI is InChI=1S/C26H24N2/c1-16(2)19-12-8-13-21-20-11-5-6-14-22(20)28-23(15-27-26(28)25(19)21)24-17(3)9-7-10-18(24)4/h5-16H,1-4H3. The first-order chi connectivity index (χ1) is 13.6. The summed E-state index contributed by atoms with van der Waals surface area (Å²) in [5, 5.41) is 3.83. The highest BCUT2D eigenvalue weighted by Gasteiger charge is 2.18.